The second-order valence-electron chi connectivity index (χ2n) is 4.63. The fourth-order valence-electron chi connectivity index (χ4n) is 2.65. The molecule has 0 atom stereocenters. The first-order valence-electron chi connectivity index (χ1n) is 5.65. The highest BCUT2D eigenvalue weighted by Gasteiger charge is 2.21. The molecule has 3 rings (SSSR count). The van der Waals surface area contributed by atoms with Crippen LogP contribution in [0.1, 0.15) is 42.9 Å². The van der Waals surface area contributed by atoms with E-state index in [1.165, 1.54) is 36.0 Å². The molecule has 0 saturated heterocycles. The Morgan fingerprint density at radius 3 is 2.87 bits per heavy atom. The predicted octanol–water partition coefficient (Wildman–Crippen LogP) is 3.44. The second kappa shape index (κ2) is 3.09. The van der Waals surface area contributed by atoms with Crippen LogP contribution in [0.4, 0.5) is 0 Å². The Morgan fingerprint density at radius 1 is 1.27 bits per heavy atom. The molecule has 0 fully saturated rings. The number of oxazole rings is 1. The van der Waals surface area contributed by atoms with Gasteiger partial charge in [0.05, 0.1) is 0 Å². The van der Waals surface area contributed by atoms with Gasteiger partial charge in [-0.05, 0) is 47.9 Å². The Bertz CT molecular complexity index is 510. The monoisotopic (exact) mass is 201 g/mol. The van der Waals surface area contributed by atoms with E-state index in [-0.39, 0.29) is 0 Å². The highest BCUT2D eigenvalue weighted by atomic mass is 16.3. The van der Waals surface area contributed by atoms with Gasteiger partial charge < -0.3 is 4.42 Å². The lowest BCUT2D eigenvalue weighted by Gasteiger charge is -2.11. The number of fused-ring (bicyclic) bond motifs is 3. The van der Waals surface area contributed by atoms with Gasteiger partial charge in [-0.2, -0.15) is 0 Å². The molecule has 0 spiro atoms. The average molecular weight is 201 g/mol. The summed E-state index contributed by atoms with van der Waals surface area (Å²) in [7, 11) is 0. The van der Waals surface area contributed by atoms with E-state index in [0.717, 1.165) is 11.1 Å². The lowest BCUT2D eigenvalue weighted by Crippen LogP contribution is -1.96. The lowest BCUT2D eigenvalue weighted by molar-refractivity contribution is 0.601. The van der Waals surface area contributed by atoms with Crippen LogP contribution >= 0.6 is 0 Å². The predicted molar refractivity (Wildman–Crippen MR) is 60.1 cm³/mol. The van der Waals surface area contributed by atoms with Gasteiger partial charge in [0, 0.05) is 0 Å². The van der Waals surface area contributed by atoms with Gasteiger partial charge in [0.2, 0.25) is 0 Å². The summed E-state index contributed by atoms with van der Waals surface area (Å²) < 4.78 is 5.42. The molecule has 0 saturated carbocycles. The maximum absolute atomic E-state index is 5.42. The van der Waals surface area contributed by atoms with Crippen LogP contribution in [0, 0.1) is 0 Å². The number of hydrogen-bond acceptors (Lipinski definition) is 2. The Kier molecular flexibility index (Phi) is 1.84. The number of aromatic nitrogens is 1. The first-order valence-corrected chi connectivity index (χ1v) is 5.65. The molecular weight excluding hydrogens is 186 g/mol. The number of nitrogens with zero attached hydrogens (tertiary/aromatic N) is 1. The van der Waals surface area contributed by atoms with E-state index in [4.69, 9.17) is 4.42 Å². The minimum absolute atomic E-state index is 0.575. The van der Waals surface area contributed by atoms with Crippen molar-refractivity contribution in [2.24, 2.45) is 0 Å². The topological polar surface area (TPSA) is 26.0 Å². The van der Waals surface area contributed by atoms with Crippen LogP contribution < -0.4 is 0 Å². The van der Waals surface area contributed by atoms with Gasteiger partial charge >= 0.3 is 0 Å². The quantitative estimate of drug-likeness (QED) is 0.706. The first kappa shape index (κ1) is 8.96. The van der Waals surface area contributed by atoms with Crippen molar-refractivity contribution in [3.63, 3.8) is 0 Å². The summed E-state index contributed by atoms with van der Waals surface area (Å²) in [6.45, 7) is 4.49. The van der Waals surface area contributed by atoms with Crippen molar-refractivity contribution in [2.45, 2.75) is 39.0 Å². The van der Waals surface area contributed by atoms with Gasteiger partial charge in [-0.1, -0.05) is 13.8 Å². The molecule has 78 valence electrons. The van der Waals surface area contributed by atoms with E-state index >= 15 is 0 Å². The fraction of sp³-hybridized carbons (Fsp3) is 0.462. The smallest absolute Gasteiger partial charge is 0.181 e. The van der Waals surface area contributed by atoms with Gasteiger partial charge in [0.25, 0.3) is 0 Å². The average Bonchev–Trinajstić information content (AvgIpc) is 2.83. The molecule has 0 unspecified atom stereocenters. The normalized spacial score (nSPS) is 15.1. The van der Waals surface area contributed by atoms with Crippen molar-refractivity contribution < 1.29 is 4.42 Å². The largest absolute Gasteiger partial charge is 0.443 e. The molecule has 1 aliphatic rings. The molecule has 0 bridgehead atoms. The minimum Gasteiger partial charge on any atom is -0.443 e. The van der Waals surface area contributed by atoms with Crippen LogP contribution in [-0.4, -0.2) is 4.98 Å². The highest BCUT2D eigenvalue weighted by Crippen LogP contribution is 2.35. The summed E-state index contributed by atoms with van der Waals surface area (Å²) in [5.41, 5.74) is 6.47. The molecule has 1 aromatic carbocycles. The summed E-state index contributed by atoms with van der Waals surface area (Å²) in [6.07, 6.45) is 5.21. The van der Waals surface area contributed by atoms with Crippen LogP contribution in [0.5, 0.6) is 0 Å². The Balaban J connectivity index is 2.37. The van der Waals surface area contributed by atoms with Crippen LogP contribution in [0.25, 0.3) is 11.1 Å². The van der Waals surface area contributed by atoms with Gasteiger partial charge in [-0.15, -0.1) is 0 Å². The first-order chi connectivity index (χ1) is 7.27. The van der Waals surface area contributed by atoms with E-state index in [9.17, 15) is 0 Å². The summed E-state index contributed by atoms with van der Waals surface area (Å²) >= 11 is 0. The van der Waals surface area contributed by atoms with Crippen LogP contribution in [0.15, 0.2) is 16.9 Å². The third-order valence-corrected chi connectivity index (χ3v) is 3.36. The molecule has 2 nitrogen and oxygen atoms in total. The maximum Gasteiger partial charge on any atom is 0.181 e. The second-order valence-corrected chi connectivity index (χ2v) is 4.63. The third kappa shape index (κ3) is 1.21. The molecule has 1 aliphatic carbocycles. The molecule has 1 aromatic heterocycles. The number of aryl methyl sites for hydroxylation is 1. The summed E-state index contributed by atoms with van der Waals surface area (Å²) in [5, 5.41) is 0. The summed E-state index contributed by atoms with van der Waals surface area (Å²) in [6, 6.07) is 2.18. The zero-order chi connectivity index (χ0) is 10.4. The molecule has 2 aromatic rings. The van der Waals surface area contributed by atoms with Gasteiger partial charge in [-0.3, -0.25) is 0 Å². The molecule has 0 N–H and O–H groups in total. The van der Waals surface area contributed by atoms with Crippen molar-refractivity contribution in [3.05, 3.63) is 29.2 Å². The van der Waals surface area contributed by atoms with Crippen molar-refractivity contribution >= 4 is 11.1 Å². The Hall–Kier alpha value is -1.31. The zero-order valence-corrected chi connectivity index (χ0v) is 9.21. The van der Waals surface area contributed by atoms with Gasteiger partial charge in [0.1, 0.15) is 5.52 Å². The van der Waals surface area contributed by atoms with Crippen molar-refractivity contribution in [1.29, 1.82) is 0 Å². The molecule has 0 amide bonds. The van der Waals surface area contributed by atoms with Crippen molar-refractivity contribution in [2.75, 3.05) is 0 Å². The summed E-state index contributed by atoms with van der Waals surface area (Å²) in [4.78, 5) is 4.32. The van der Waals surface area contributed by atoms with Gasteiger partial charge in [0.15, 0.2) is 12.0 Å². The van der Waals surface area contributed by atoms with Crippen molar-refractivity contribution in [1.82, 2.24) is 4.98 Å². The SMILES string of the molecule is CC(C)c1cc2ocnc2c2c1CCC2. The van der Waals surface area contributed by atoms with E-state index < -0.39 is 0 Å². The van der Waals surface area contributed by atoms with Crippen LogP contribution in [-0.2, 0) is 12.8 Å². The Labute approximate surface area is 89.3 Å². The van der Waals surface area contributed by atoms with Crippen LogP contribution in [0.2, 0.25) is 0 Å². The van der Waals surface area contributed by atoms with Gasteiger partial charge in [-0.25, -0.2) is 4.98 Å². The van der Waals surface area contributed by atoms with E-state index in [1.54, 1.807) is 6.39 Å². The maximum atomic E-state index is 5.42. The standard InChI is InChI=1S/C13H15NO/c1-8(2)11-6-12-13(14-7-15-12)10-5-3-4-9(10)11/h6-8H,3-5H2,1-2H3. The van der Waals surface area contributed by atoms with Crippen molar-refractivity contribution in [3.8, 4) is 0 Å². The molecule has 1 heterocycles. The molecular formula is C13H15NO. The highest BCUT2D eigenvalue weighted by molar-refractivity contribution is 5.80. The van der Waals surface area contributed by atoms with E-state index in [2.05, 4.69) is 24.9 Å². The Morgan fingerprint density at radius 2 is 2.07 bits per heavy atom. The number of rotatable bonds is 1. The van der Waals surface area contributed by atoms with E-state index in [1.807, 2.05) is 0 Å². The molecule has 0 radical (unpaired) electrons. The number of benzene rings is 1. The molecule has 15 heavy (non-hydrogen) atoms. The number of hydrogen-bond donors (Lipinski definition) is 0. The third-order valence-electron chi connectivity index (χ3n) is 3.36. The molecule has 2 heteroatoms. The molecule has 0 aliphatic heterocycles. The van der Waals surface area contributed by atoms with E-state index in [0.29, 0.717) is 5.92 Å². The summed E-state index contributed by atoms with van der Waals surface area (Å²) in [5.74, 6) is 0.575. The van der Waals surface area contributed by atoms with Crippen LogP contribution in [0.3, 0.4) is 0 Å². The minimum atomic E-state index is 0.575. The zero-order valence-electron chi connectivity index (χ0n) is 9.21. The lowest BCUT2D eigenvalue weighted by atomic mass is 9.94. The fourth-order valence-corrected chi connectivity index (χ4v) is 2.65.